The number of nitrogens with zero attached hydrogens (tertiary/aromatic N) is 2. The maximum atomic E-state index is 13.6. The van der Waals surface area contributed by atoms with E-state index in [4.69, 9.17) is 9.69 Å². The van der Waals surface area contributed by atoms with Crippen molar-refractivity contribution >= 4 is 14.0 Å². The van der Waals surface area contributed by atoms with Gasteiger partial charge in [-0.25, -0.2) is 4.39 Å². The zero-order valence-electron chi connectivity index (χ0n) is 11.6. The van der Waals surface area contributed by atoms with Crippen molar-refractivity contribution in [3.63, 3.8) is 0 Å². The Balaban J connectivity index is 2.67. The highest BCUT2D eigenvalue weighted by molar-refractivity contribution is 6.71. The summed E-state index contributed by atoms with van der Waals surface area (Å²) in [5, 5.41) is 19.2. The highest BCUT2D eigenvalue weighted by atomic mass is 28.4. The van der Waals surface area contributed by atoms with Crippen LogP contribution in [0.5, 0.6) is 0 Å². The Morgan fingerprint density at radius 2 is 2.20 bits per heavy atom. The van der Waals surface area contributed by atoms with Gasteiger partial charge in [0.15, 0.2) is 8.32 Å². The van der Waals surface area contributed by atoms with Gasteiger partial charge in [0.1, 0.15) is 5.82 Å². The Kier molecular flexibility index (Phi) is 5.79. The molecule has 0 fully saturated rings. The van der Waals surface area contributed by atoms with Crippen LogP contribution in [0.3, 0.4) is 0 Å². The molecular formula is C13H17FN2O3Si. The molecule has 0 amide bonds. The molecule has 20 heavy (non-hydrogen) atoms. The van der Waals surface area contributed by atoms with Gasteiger partial charge < -0.3 is 4.43 Å². The maximum Gasteiger partial charge on any atom is 0.269 e. The number of hydrogen-bond acceptors (Lipinski definition) is 4. The van der Waals surface area contributed by atoms with Crippen molar-refractivity contribution in [3.8, 4) is 6.07 Å². The number of rotatable bonds is 7. The summed E-state index contributed by atoms with van der Waals surface area (Å²) in [4.78, 5) is 10.1. The van der Waals surface area contributed by atoms with Crippen LogP contribution < -0.4 is 0 Å². The predicted octanol–water partition coefficient (Wildman–Crippen LogP) is 3.76. The van der Waals surface area contributed by atoms with Crippen LogP contribution >= 0.6 is 0 Å². The van der Waals surface area contributed by atoms with Gasteiger partial charge >= 0.3 is 0 Å². The lowest BCUT2D eigenvalue weighted by Gasteiger charge is -2.22. The molecule has 0 aliphatic carbocycles. The Morgan fingerprint density at radius 3 is 2.80 bits per heavy atom. The van der Waals surface area contributed by atoms with Crippen LogP contribution in [-0.4, -0.2) is 13.2 Å². The largest absolute Gasteiger partial charge is 0.413 e. The predicted molar refractivity (Wildman–Crippen MR) is 75.0 cm³/mol. The summed E-state index contributed by atoms with van der Waals surface area (Å²) in [5.74, 6) is -0.502. The summed E-state index contributed by atoms with van der Waals surface area (Å²) in [6, 6.07) is 6.30. The van der Waals surface area contributed by atoms with Gasteiger partial charge in [-0.05, 0) is 31.6 Å². The van der Waals surface area contributed by atoms with Gasteiger partial charge in [-0.15, -0.1) is 0 Å². The number of benzene rings is 1. The van der Waals surface area contributed by atoms with Crippen LogP contribution in [-0.2, 0) is 11.0 Å². The smallest absolute Gasteiger partial charge is 0.269 e. The van der Waals surface area contributed by atoms with Crippen LogP contribution in [0.15, 0.2) is 18.2 Å². The first-order valence-electron chi connectivity index (χ1n) is 6.29. The normalized spacial score (nSPS) is 11.1. The maximum absolute atomic E-state index is 13.6. The molecule has 0 heterocycles. The lowest BCUT2D eigenvalue weighted by molar-refractivity contribution is -0.385. The Morgan fingerprint density at radius 1 is 1.50 bits per heavy atom. The molecule has 0 spiro atoms. The van der Waals surface area contributed by atoms with E-state index in [0.29, 0.717) is 6.42 Å². The average molecular weight is 296 g/mol. The van der Waals surface area contributed by atoms with Crippen LogP contribution in [0.4, 0.5) is 10.1 Å². The van der Waals surface area contributed by atoms with Gasteiger partial charge in [-0.2, -0.15) is 5.26 Å². The number of nitriles is 1. The summed E-state index contributed by atoms with van der Waals surface area (Å²) in [6.45, 7) is 4.00. The lowest BCUT2D eigenvalue weighted by atomic mass is 10.2. The molecule has 1 aromatic carbocycles. The number of halogens is 1. The molecule has 0 unspecified atom stereocenters. The summed E-state index contributed by atoms with van der Waals surface area (Å²) < 4.78 is 19.3. The van der Waals surface area contributed by atoms with Crippen LogP contribution in [0.1, 0.15) is 18.4 Å². The quantitative estimate of drug-likeness (QED) is 0.332. The third-order valence-corrected chi connectivity index (χ3v) is 5.41. The molecule has 0 atom stereocenters. The second-order valence-electron chi connectivity index (χ2n) is 5.09. The molecular weight excluding hydrogens is 279 g/mol. The SMILES string of the molecule is C[Si](C)(CCCC#N)OCc1cc([N+](=O)[O-])ccc1F. The molecule has 108 valence electrons. The van der Waals surface area contributed by atoms with Crippen LogP contribution in [0.2, 0.25) is 19.1 Å². The average Bonchev–Trinajstić information content (AvgIpc) is 2.37. The molecule has 0 saturated carbocycles. The molecule has 0 bridgehead atoms. The minimum atomic E-state index is -1.98. The monoisotopic (exact) mass is 296 g/mol. The zero-order valence-corrected chi connectivity index (χ0v) is 12.6. The van der Waals surface area contributed by atoms with Crippen LogP contribution in [0.25, 0.3) is 0 Å². The summed E-state index contributed by atoms with van der Waals surface area (Å²) >= 11 is 0. The number of hydrogen-bond donors (Lipinski definition) is 0. The zero-order chi connectivity index (χ0) is 15.2. The number of unbranched alkanes of at least 4 members (excludes halogenated alkanes) is 1. The lowest BCUT2D eigenvalue weighted by Crippen LogP contribution is -2.29. The van der Waals surface area contributed by atoms with Gasteiger partial charge in [0.25, 0.3) is 5.69 Å². The molecule has 5 nitrogen and oxygen atoms in total. The van der Waals surface area contributed by atoms with E-state index in [0.717, 1.165) is 24.6 Å². The van der Waals surface area contributed by atoms with Gasteiger partial charge in [0.05, 0.1) is 17.6 Å². The molecule has 0 aromatic heterocycles. The Hall–Kier alpha value is -1.78. The van der Waals surface area contributed by atoms with Crippen molar-refractivity contribution in [2.24, 2.45) is 0 Å². The topological polar surface area (TPSA) is 76.2 Å². The highest BCUT2D eigenvalue weighted by Crippen LogP contribution is 2.21. The van der Waals surface area contributed by atoms with E-state index < -0.39 is 19.1 Å². The van der Waals surface area contributed by atoms with Crippen molar-refractivity contribution in [2.75, 3.05) is 0 Å². The number of nitro benzene ring substituents is 1. The molecule has 0 saturated heterocycles. The summed E-state index contributed by atoms with van der Waals surface area (Å²) in [6.07, 6.45) is 1.23. The summed E-state index contributed by atoms with van der Waals surface area (Å²) in [7, 11) is -1.98. The first-order chi connectivity index (χ1) is 9.35. The van der Waals surface area contributed by atoms with Gasteiger partial charge in [-0.3, -0.25) is 10.1 Å². The third kappa shape index (κ3) is 5.07. The second-order valence-corrected chi connectivity index (χ2v) is 9.40. The van der Waals surface area contributed by atoms with E-state index in [1.165, 1.54) is 6.07 Å². The molecule has 0 aliphatic rings. The molecule has 0 N–H and O–H groups in total. The molecule has 1 aromatic rings. The van der Waals surface area contributed by atoms with Gasteiger partial charge in [-0.1, -0.05) is 0 Å². The van der Waals surface area contributed by atoms with Crippen molar-refractivity contribution in [1.82, 2.24) is 0 Å². The van der Waals surface area contributed by atoms with Gasteiger partial charge in [0.2, 0.25) is 0 Å². The van der Waals surface area contributed by atoms with E-state index in [1.807, 2.05) is 13.1 Å². The molecule has 0 radical (unpaired) electrons. The van der Waals surface area contributed by atoms with Gasteiger partial charge in [0, 0.05) is 24.1 Å². The number of non-ortho nitro benzene ring substituents is 1. The Labute approximate surface area is 118 Å². The standard InChI is InChI=1S/C13H17FN2O3Si/c1-20(2,8-4-3-7-15)19-10-11-9-12(16(17)18)5-6-13(11)14/h5-6,9H,3-4,8,10H2,1-2H3. The minimum absolute atomic E-state index is 0.0271. The fraction of sp³-hybridized carbons (Fsp3) is 0.462. The van der Waals surface area contributed by atoms with Crippen LogP contribution in [0, 0.1) is 27.3 Å². The van der Waals surface area contributed by atoms with Crippen molar-refractivity contribution < 1.29 is 13.7 Å². The molecule has 0 aliphatic heterocycles. The molecule has 1 rings (SSSR count). The minimum Gasteiger partial charge on any atom is -0.413 e. The van der Waals surface area contributed by atoms with E-state index in [9.17, 15) is 14.5 Å². The van der Waals surface area contributed by atoms with E-state index in [1.54, 1.807) is 0 Å². The first-order valence-corrected chi connectivity index (χ1v) is 9.41. The second kappa shape index (κ2) is 7.12. The fourth-order valence-electron chi connectivity index (χ4n) is 1.72. The molecule has 7 heteroatoms. The van der Waals surface area contributed by atoms with E-state index in [2.05, 4.69) is 6.07 Å². The summed E-state index contributed by atoms with van der Waals surface area (Å²) in [5.41, 5.74) is 0.0500. The third-order valence-electron chi connectivity index (χ3n) is 2.93. The van der Waals surface area contributed by atoms with Crippen molar-refractivity contribution in [2.45, 2.75) is 38.6 Å². The Bertz CT molecular complexity index is 529. The van der Waals surface area contributed by atoms with Crippen molar-refractivity contribution in [1.29, 1.82) is 5.26 Å². The first kappa shape index (κ1) is 16.3. The van der Waals surface area contributed by atoms with Crippen molar-refractivity contribution in [3.05, 3.63) is 39.7 Å². The number of nitro groups is 1. The fourth-order valence-corrected chi connectivity index (χ4v) is 3.44. The van der Waals surface area contributed by atoms with E-state index >= 15 is 0 Å². The van der Waals surface area contributed by atoms with E-state index in [-0.39, 0.29) is 17.9 Å². The highest BCUT2D eigenvalue weighted by Gasteiger charge is 2.23.